The zero-order valence-electron chi connectivity index (χ0n) is 14.9. The third-order valence-corrected chi connectivity index (χ3v) is 4.31. The van der Waals surface area contributed by atoms with Gasteiger partial charge in [-0.1, -0.05) is 12.1 Å². The summed E-state index contributed by atoms with van der Waals surface area (Å²) in [4.78, 5) is 23.7. The maximum atomic E-state index is 12.2. The molecule has 1 heterocycles. The second-order valence-electron chi connectivity index (χ2n) is 6.69. The number of nitrogens with one attached hydrogen (secondary N) is 1. The largest absolute Gasteiger partial charge is 0.491 e. The lowest BCUT2D eigenvalue weighted by molar-refractivity contribution is -0.144. The highest BCUT2D eigenvalue weighted by molar-refractivity contribution is 5.79. The van der Waals surface area contributed by atoms with Gasteiger partial charge < -0.3 is 19.9 Å². The van der Waals surface area contributed by atoms with Gasteiger partial charge in [0, 0.05) is 19.8 Å². The quantitative estimate of drug-likeness (QED) is 0.752. The number of carbonyl (C=O) groups is 2. The smallest absolute Gasteiger partial charge is 0.308 e. The van der Waals surface area contributed by atoms with Crippen molar-refractivity contribution >= 4 is 11.9 Å². The molecule has 1 aromatic carbocycles. The van der Waals surface area contributed by atoms with Gasteiger partial charge in [0.05, 0.1) is 18.4 Å². The van der Waals surface area contributed by atoms with Crippen molar-refractivity contribution < 1.29 is 24.2 Å². The van der Waals surface area contributed by atoms with Crippen LogP contribution in [-0.2, 0) is 20.7 Å². The molecule has 1 aliphatic rings. The number of hydrogen-bond acceptors (Lipinski definition) is 4. The molecule has 6 heteroatoms. The van der Waals surface area contributed by atoms with Crippen molar-refractivity contribution in [1.29, 1.82) is 0 Å². The van der Waals surface area contributed by atoms with Crippen LogP contribution >= 0.6 is 0 Å². The molecule has 2 rings (SSSR count). The highest BCUT2D eigenvalue weighted by Crippen LogP contribution is 2.24. The monoisotopic (exact) mass is 349 g/mol. The van der Waals surface area contributed by atoms with Gasteiger partial charge in [-0.05, 0) is 50.3 Å². The van der Waals surface area contributed by atoms with Gasteiger partial charge in [0.25, 0.3) is 0 Å². The number of rotatable bonds is 8. The summed E-state index contributed by atoms with van der Waals surface area (Å²) < 4.78 is 10.9. The highest BCUT2D eigenvalue weighted by atomic mass is 16.5. The molecule has 1 aromatic rings. The number of benzene rings is 1. The van der Waals surface area contributed by atoms with Gasteiger partial charge in [-0.2, -0.15) is 0 Å². The first-order valence-electron chi connectivity index (χ1n) is 8.78. The molecule has 0 radical (unpaired) electrons. The van der Waals surface area contributed by atoms with Crippen LogP contribution in [0.15, 0.2) is 24.3 Å². The topological polar surface area (TPSA) is 84.9 Å². The van der Waals surface area contributed by atoms with Crippen LogP contribution in [0.25, 0.3) is 0 Å². The van der Waals surface area contributed by atoms with Crippen LogP contribution < -0.4 is 10.1 Å². The average Bonchev–Trinajstić information content (AvgIpc) is 2.55. The van der Waals surface area contributed by atoms with Crippen molar-refractivity contribution in [3.05, 3.63) is 29.8 Å². The Balaban J connectivity index is 1.87. The molecule has 1 amide bonds. The minimum absolute atomic E-state index is 0.0503. The van der Waals surface area contributed by atoms with E-state index in [4.69, 9.17) is 9.47 Å². The van der Waals surface area contributed by atoms with Crippen LogP contribution in [0, 0.1) is 11.8 Å². The number of hydrogen-bond donors (Lipinski definition) is 2. The van der Waals surface area contributed by atoms with Crippen molar-refractivity contribution in [3.8, 4) is 5.75 Å². The molecular weight excluding hydrogens is 322 g/mol. The predicted molar refractivity (Wildman–Crippen MR) is 93.6 cm³/mol. The maximum absolute atomic E-state index is 12.2. The SMILES string of the molecule is CC(C)Oc1cccc(CC(=O)NCC(C(=O)O)C2CCOCC2)c1. The fraction of sp³-hybridized carbons (Fsp3) is 0.579. The van der Waals surface area contributed by atoms with E-state index in [2.05, 4.69) is 5.32 Å². The highest BCUT2D eigenvalue weighted by Gasteiger charge is 2.29. The van der Waals surface area contributed by atoms with Crippen LogP contribution in [0.1, 0.15) is 32.3 Å². The van der Waals surface area contributed by atoms with Crippen LogP contribution in [0.4, 0.5) is 0 Å². The average molecular weight is 349 g/mol. The maximum Gasteiger partial charge on any atom is 0.308 e. The fourth-order valence-corrected chi connectivity index (χ4v) is 3.05. The molecule has 1 fully saturated rings. The molecule has 1 atom stereocenters. The number of carboxylic acids is 1. The number of amides is 1. The van der Waals surface area contributed by atoms with Gasteiger partial charge in [-0.3, -0.25) is 9.59 Å². The van der Waals surface area contributed by atoms with Crippen LogP contribution in [0.2, 0.25) is 0 Å². The Labute approximate surface area is 148 Å². The van der Waals surface area contributed by atoms with Crippen molar-refractivity contribution in [1.82, 2.24) is 5.32 Å². The third-order valence-electron chi connectivity index (χ3n) is 4.31. The summed E-state index contributed by atoms with van der Waals surface area (Å²) >= 11 is 0. The molecule has 0 saturated carbocycles. The Morgan fingerprint density at radius 1 is 1.32 bits per heavy atom. The summed E-state index contributed by atoms with van der Waals surface area (Å²) in [6, 6.07) is 7.40. The summed E-state index contributed by atoms with van der Waals surface area (Å²) in [6.45, 7) is 5.22. The predicted octanol–water partition coefficient (Wildman–Crippen LogP) is 2.26. The lowest BCUT2D eigenvalue weighted by Gasteiger charge is -2.27. The summed E-state index contributed by atoms with van der Waals surface area (Å²) in [6.07, 6.45) is 1.72. The van der Waals surface area contributed by atoms with Gasteiger partial charge in [0.2, 0.25) is 5.91 Å². The van der Waals surface area contributed by atoms with E-state index in [-0.39, 0.29) is 30.9 Å². The van der Waals surface area contributed by atoms with Crippen molar-refractivity contribution in [3.63, 3.8) is 0 Å². The first kappa shape index (κ1) is 19.2. The Hall–Kier alpha value is -2.08. The molecule has 0 aromatic heterocycles. The molecule has 6 nitrogen and oxygen atoms in total. The molecular formula is C19H27NO5. The van der Waals surface area contributed by atoms with Gasteiger partial charge in [-0.25, -0.2) is 0 Å². The number of carboxylic acid groups (broad SMARTS) is 1. The molecule has 1 aliphatic heterocycles. The molecule has 1 saturated heterocycles. The van der Waals surface area contributed by atoms with Gasteiger partial charge in [0.15, 0.2) is 0 Å². The first-order chi connectivity index (χ1) is 12.0. The lowest BCUT2D eigenvalue weighted by atomic mass is 9.86. The van der Waals surface area contributed by atoms with E-state index in [1.165, 1.54) is 0 Å². The van der Waals surface area contributed by atoms with Crippen molar-refractivity contribution in [2.24, 2.45) is 11.8 Å². The zero-order valence-corrected chi connectivity index (χ0v) is 14.9. The summed E-state index contributed by atoms with van der Waals surface area (Å²) in [7, 11) is 0. The Kier molecular flexibility index (Phi) is 7.25. The normalized spacial score (nSPS) is 16.4. The van der Waals surface area contributed by atoms with Crippen LogP contribution in [0.3, 0.4) is 0 Å². The standard InChI is InChI=1S/C19H27NO5/c1-13(2)25-16-5-3-4-14(10-16)11-18(21)20-12-17(19(22)23)15-6-8-24-9-7-15/h3-5,10,13,15,17H,6-9,11-12H2,1-2H3,(H,20,21)(H,22,23). The summed E-state index contributed by atoms with van der Waals surface area (Å²) in [5, 5.41) is 12.2. The molecule has 0 aliphatic carbocycles. The first-order valence-corrected chi connectivity index (χ1v) is 8.78. The second kappa shape index (κ2) is 9.42. The van der Waals surface area contributed by atoms with E-state index in [0.717, 1.165) is 24.2 Å². The number of carbonyl (C=O) groups excluding carboxylic acids is 1. The van der Waals surface area contributed by atoms with Crippen LogP contribution in [0.5, 0.6) is 5.75 Å². The third kappa shape index (κ3) is 6.38. The Bertz CT molecular complexity index is 581. The Morgan fingerprint density at radius 2 is 2.04 bits per heavy atom. The van der Waals surface area contributed by atoms with Gasteiger partial charge in [-0.15, -0.1) is 0 Å². The lowest BCUT2D eigenvalue weighted by Crippen LogP contribution is -2.39. The van der Waals surface area contributed by atoms with Gasteiger partial charge >= 0.3 is 5.97 Å². The summed E-state index contributed by atoms with van der Waals surface area (Å²) in [5.41, 5.74) is 0.841. The summed E-state index contributed by atoms with van der Waals surface area (Å²) in [5.74, 6) is -0.830. The van der Waals surface area contributed by atoms with E-state index in [1.54, 1.807) is 0 Å². The fourth-order valence-electron chi connectivity index (χ4n) is 3.05. The number of aliphatic carboxylic acids is 1. The number of ether oxygens (including phenoxy) is 2. The van der Waals surface area contributed by atoms with Crippen LogP contribution in [-0.4, -0.2) is 42.8 Å². The molecule has 138 valence electrons. The minimum atomic E-state index is -0.862. The van der Waals surface area contributed by atoms with Gasteiger partial charge in [0.1, 0.15) is 5.75 Å². The molecule has 0 spiro atoms. The van der Waals surface area contributed by atoms with E-state index < -0.39 is 11.9 Å². The molecule has 1 unspecified atom stereocenters. The van der Waals surface area contributed by atoms with E-state index in [0.29, 0.717) is 13.2 Å². The van der Waals surface area contributed by atoms with E-state index in [1.807, 2.05) is 38.1 Å². The van der Waals surface area contributed by atoms with Crippen molar-refractivity contribution in [2.45, 2.75) is 39.2 Å². The Morgan fingerprint density at radius 3 is 2.68 bits per heavy atom. The van der Waals surface area contributed by atoms with Crippen molar-refractivity contribution in [2.75, 3.05) is 19.8 Å². The minimum Gasteiger partial charge on any atom is -0.491 e. The second-order valence-corrected chi connectivity index (χ2v) is 6.69. The zero-order chi connectivity index (χ0) is 18.2. The molecule has 0 bridgehead atoms. The molecule has 25 heavy (non-hydrogen) atoms. The van der Waals surface area contributed by atoms with E-state index >= 15 is 0 Å². The van der Waals surface area contributed by atoms with E-state index in [9.17, 15) is 14.7 Å². The molecule has 2 N–H and O–H groups in total.